The van der Waals surface area contributed by atoms with Crippen LogP contribution >= 0.6 is 0 Å². The number of nitriles is 1. The number of aryl methyl sites for hydroxylation is 1. The summed E-state index contributed by atoms with van der Waals surface area (Å²) < 4.78 is 0. The van der Waals surface area contributed by atoms with Gasteiger partial charge in [0.1, 0.15) is 0 Å². The minimum atomic E-state index is -0.684. The Kier molecular flexibility index (Phi) is 4.34. The zero-order chi connectivity index (χ0) is 15.6. The van der Waals surface area contributed by atoms with Gasteiger partial charge in [0.25, 0.3) is 0 Å². The van der Waals surface area contributed by atoms with Crippen LogP contribution < -0.4 is 0 Å². The van der Waals surface area contributed by atoms with E-state index >= 15 is 0 Å². The largest absolute Gasteiger partial charge is 0.481 e. The molecule has 0 aliphatic carbocycles. The molecule has 0 bridgehead atoms. The Morgan fingerprint density at radius 2 is 2.24 bits per heavy atom. The Morgan fingerprint density at radius 1 is 1.52 bits per heavy atom. The van der Waals surface area contributed by atoms with Crippen LogP contribution in [-0.2, 0) is 11.3 Å². The second kappa shape index (κ2) is 5.87. The van der Waals surface area contributed by atoms with Crippen molar-refractivity contribution in [1.29, 1.82) is 5.26 Å². The molecule has 1 heterocycles. The number of hydrogen-bond acceptors (Lipinski definition) is 3. The zero-order valence-electron chi connectivity index (χ0n) is 12.9. The van der Waals surface area contributed by atoms with E-state index in [1.54, 1.807) is 0 Å². The van der Waals surface area contributed by atoms with Gasteiger partial charge in [0.2, 0.25) is 0 Å². The maximum Gasteiger partial charge on any atom is 0.311 e. The van der Waals surface area contributed by atoms with E-state index in [1.165, 1.54) is 5.56 Å². The fraction of sp³-hybridized carbons (Fsp3) is 0.529. The molecule has 1 aliphatic rings. The molecular formula is C17H22N2O2. The summed E-state index contributed by atoms with van der Waals surface area (Å²) in [5, 5.41) is 18.5. The van der Waals surface area contributed by atoms with Gasteiger partial charge in [-0.3, -0.25) is 9.69 Å². The lowest BCUT2D eigenvalue weighted by Crippen LogP contribution is -2.39. The van der Waals surface area contributed by atoms with Gasteiger partial charge in [0.05, 0.1) is 17.0 Å². The summed E-state index contributed by atoms with van der Waals surface area (Å²) in [6.07, 6.45) is 0.704. The predicted octanol–water partition coefficient (Wildman–Crippen LogP) is 2.80. The third-order valence-electron chi connectivity index (χ3n) is 4.78. The number of carboxylic acids is 1. The highest BCUT2D eigenvalue weighted by Crippen LogP contribution is 2.38. The molecule has 1 saturated heterocycles. The molecule has 0 spiro atoms. The highest BCUT2D eigenvalue weighted by Gasteiger charge is 2.47. The summed E-state index contributed by atoms with van der Waals surface area (Å²) in [7, 11) is 0. The highest BCUT2D eigenvalue weighted by molar-refractivity contribution is 5.75. The summed E-state index contributed by atoms with van der Waals surface area (Å²) >= 11 is 0. The highest BCUT2D eigenvalue weighted by atomic mass is 16.4. The van der Waals surface area contributed by atoms with E-state index in [1.807, 2.05) is 39.0 Å². The Bertz CT molecular complexity index is 589. The molecule has 4 nitrogen and oxygen atoms in total. The van der Waals surface area contributed by atoms with Crippen molar-refractivity contribution in [3.8, 4) is 6.07 Å². The standard InChI is InChI=1S/C17H22N2O2/c1-12(2)17(16(20)21)6-7-19(11-17)10-15-5-4-14(9-18)8-13(15)3/h4-5,8,12H,6-7,10-11H2,1-3H3,(H,20,21). The van der Waals surface area contributed by atoms with Crippen molar-refractivity contribution in [2.45, 2.75) is 33.7 Å². The first kappa shape index (κ1) is 15.5. The van der Waals surface area contributed by atoms with Gasteiger partial charge in [0.15, 0.2) is 0 Å². The molecule has 0 radical (unpaired) electrons. The molecule has 21 heavy (non-hydrogen) atoms. The van der Waals surface area contributed by atoms with Crippen molar-refractivity contribution in [2.24, 2.45) is 11.3 Å². The van der Waals surface area contributed by atoms with Crippen molar-refractivity contribution in [2.75, 3.05) is 13.1 Å². The summed E-state index contributed by atoms with van der Waals surface area (Å²) in [6, 6.07) is 7.83. The first-order valence-electron chi connectivity index (χ1n) is 7.34. The van der Waals surface area contributed by atoms with Crippen molar-refractivity contribution >= 4 is 5.97 Å². The molecule has 1 fully saturated rings. The molecular weight excluding hydrogens is 264 g/mol. The van der Waals surface area contributed by atoms with Crippen LogP contribution in [0.4, 0.5) is 0 Å². The lowest BCUT2D eigenvalue weighted by molar-refractivity contribution is -0.151. The topological polar surface area (TPSA) is 64.3 Å². The molecule has 1 N–H and O–H groups in total. The summed E-state index contributed by atoms with van der Waals surface area (Å²) in [6.45, 7) is 8.14. The van der Waals surface area contributed by atoms with Gasteiger partial charge in [-0.2, -0.15) is 5.26 Å². The molecule has 112 valence electrons. The average Bonchev–Trinajstić information content (AvgIpc) is 2.86. The van der Waals surface area contributed by atoms with Crippen molar-refractivity contribution in [3.63, 3.8) is 0 Å². The number of likely N-dealkylation sites (tertiary alicyclic amines) is 1. The van der Waals surface area contributed by atoms with Crippen molar-refractivity contribution < 1.29 is 9.90 Å². The van der Waals surface area contributed by atoms with Crippen LogP contribution in [0.25, 0.3) is 0 Å². The van der Waals surface area contributed by atoms with Crippen LogP contribution in [0.3, 0.4) is 0 Å². The van der Waals surface area contributed by atoms with Crippen LogP contribution in [0, 0.1) is 29.6 Å². The maximum absolute atomic E-state index is 11.7. The number of carbonyl (C=O) groups is 1. The van der Waals surface area contributed by atoms with Gasteiger partial charge in [0, 0.05) is 13.1 Å². The number of aliphatic carboxylic acids is 1. The van der Waals surface area contributed by atoms with Crippen LogP contribution in [0.15, 0.2) is 18.2 Å². The average molecular weight is 286 g/mol. The van der Waals surface area contributed by atoms with Gasteiger partial charge < -0.3 is 5.11 Å². The van der Waals surface area contributed by atoms with Gasteiger partial charge >= 0.3 is 5.97 Å². The van der Waals surface area contributed by atoms with E-state index in [0.717, 1.165) is 18.7 Å². The Hall–Kier alpha value is -1.86. The smallest absolute Gasteiger partial charge is 0.311 e. The van der Waals surface area contributed by atoms with E-state index < -0.39 is 11.4 Å². The van der Waals surface area contributed by atoms with Gasteiger partial charge in [-0.25, -0.2) is 0 Å². The molecule has 0 amide bonds. The minimum absolute atomic E-state index is 0.127. The van der Waals surface area contributed by atoms with E-state index in [4.69, 9.17) is 5.26 Å². The van der Waals surface area contributed by atoms with E-state index in [9.17, 15) is 9.90 Å². The maximum atomic E-state index is 11.7. The number of rotatable bonds is 4. The summed E-state index contributed by atoms with van der Waals surface area (Å²) in [4.78, 5) is 13.9. The van der Waals surface area contributed by atoms with E-state index in [-0.39, 0.29) is 5.92 Å². The Labute approximate surface area is 126 Å². The van der Waals surface area contributed by atoms with Crippen LogP contribution in [0.2, 0.25) is 0 Å². The molecule has 0 aromatic heterocycles. The first-order valence-corrected chi connectivity index (χ1v) is 7.34. The van der Waals surface area contributed by atoms with Gasteiger partial charge in [-0.05, 0) is 49.1 Å². The van der Waals surface area contributed by atoms with Gasteiger partial charge in [-0.15, -0.1) is 0 Å². The molecule has 1 aromatic rings. The van der Waals surface area contributed by atoms with Crippen molar-refractivity contribution in [1.82, 2.24) is 4.90 Å². The Morgan fingerprint density at radius 3 is 2.71 bits per heavy atom. The monoisotopic (exact) mass is 286 g/mol. The zero-order valence-corrected chi connectivity index (χ0v) is 12.9. The third-order valence-corrected chi connectivity index (χ3v) is 4.78. The molecule has 1 unspecified atom stereocenters. The van der Waals surface area contributed by atoms with Crippen LogP contribution in [0.1, 0.15) is 37.0 Å². The predicted molar refractivity (Wildman–Crippen MR) is 80.7 cm³/mol. The number of carboxylic acid groups (broad SMARTS) is 1. The van der Waals surface area contributed by atoms with Gasteiger partial charge in [-0.1, -0.05) is 19.9 Å². The number of nitrogens with zero attached hydrogens (tertiary/aromatic N) is 2. The Balaban J connectivity index is 2.13. The molecule has 1 aliphatic heterocycles. The second-order valence-corrected chi connectivity index (χ2v) is 6.33. The summed E-state index contributed by atoms with van der Waals surface area (Å²) in [5.74, 6) is -0.557. The van der Waals surface area contributed by atoms with E-state index in [2.05, 4.69) is 11.0 Å². The SMILES string of the molecule is Cc1cc(C#N)ccc1CN1CCC(C(=O)O)(C(C)C)C1. The normalized spacial score (nSPS) is 22.4. The molecule has 2 rings (SSSR count). The lowest BCUT2D eigenvalue weighted by atomic mass is 9.76. The summed E-state index contributed by atoms with van der Waals surface area (Å²) in [5.41, 5.74) is 2.30. The lowest BCUT2D eigenvalue weighted by Gasteiger charge is -2.29. The molecule has 0 saturated carbocycles. The second-order valence-electron chi connectivity index (χ2n) is 6.33. The molecule has 1 aromatic carbocycles. The molecule has 4 heteroatoms. The first-order chi connectivity index (χ1) is 9.89. The third kappa shape index (κ3) is 2.93. The fourth-order valence-corrected chi connectivity index (χ4v) is 3.13. The molecule has 1 atom stereocenters. The fourth-order valence-electron chi connectivity index (χ4n) is 3.13. The number of hydrogen-bond donors (Lipinski definition) is 1. The van der Waals surface area contributed by atoms with Crippen LogP contribution in [-0.4, -0.2) is 29.1 Å². The van der Waals surface area contributed by atoms with Crippen molar-refractivity contribution in [3.05, 3.63) is 34.9 Å². The quantitative estimate of drug-likeness (QED) is 0.924. The number of benzene rings is 1. The van der Waals surface area contributed by atoms with Crippen LogP contribution in [0.5, 0.6) is 0 Å². The minimum Gasteiger partial charge on any atom is -0.481 e. The van der Waals surface area contributed by atoms with E-state index in [0.29, 0.717) is 18.5 Å².